The van der Waals surface area contributed by atoms with Gasteiger partial charge in [0.15, 0.2) is 16.0 Å². The number of hydrogen-bond donors (Lipinski definition) is 4. The number of fused-ring (bicyclic) bond motifs is 3. The third-order valence-electron chi connectivity index (χ3n) is 3.95. The maximum Gasteiger partial charge on any atom is 0.194 e. The van der Waals surface area contributed by atoms with Crippen molar-refractivity contribution in [3.63, 3.8) is 0 Å². The van der Waals surface area contributed by atoms with Gasteiger partial charge < -0.3 is 22.1 Å². The minimum Gasteiger partial charge on any atom is -0.376 e. The maximum absolute atomic E-state index is 13.0. The molecule has 2 aromatic carbocycles. The summed E-state index contributed by atoms with van der Waals surface area (Å²) in [5, 5.41) is 6.22. The summed E-state index contributed by atoms with van der Waals surface area (Å²) in [4.78, 5) is 13.0. The molecule has 0 saturated carbocycles. The number of nitrogens with one attached hydrogen (secondary N) is 2. The van der Waals surface area contributed by atoms with Gasteiger partial charge in [0.05, 0.1) is 0 Å². The van der Waals surface area contributed by atoms with Crippen LogP contribution >= 0.6 is 58.4 Å². The minimum absolute atomic E-state index is 0. The van der Waals surface area contributed by atoms with Crippen molar-refractivity contribution in [1.29, 1.82) is 0 Å². The van der Waals surface area contributed by atoms with E-state index in [2.05, 4.69) is 10.6 Å². The zero-order valence-electron chi connectivity index (χ0n) is 13.6. The Labute approximate surface area is 183 Å². The van der Waals surface area contributed by atoms with Crippen molar-refractivity contribution in [2.75, 3.05) is 0 Å². The SMILES string of the molecule is Br.Br.NC(=S)NCc1cccc2c1C(=O)c1c(CNC(N)=S)cccc1-2. The van der Waals surface area contributed by atoms with Crippen LogP contribution in [-0.2, 0) is 13.1 Å². The third kappa shape index (κ3) is 4.40. The molecule has 1 aliphatic rings. The summed E-state index contributed by atoms with van der Waals surface area (Å²) in [7, 11) is 0. The number of rotatable bonds is 4. The molecule has 0 amide bonds. The number of thiocarbonyl (C=S) groups is 2. The summed E-state index contributed by atoms with van der Waals surface area (Å²) < 4.78 is 0. The third-order valence-corrected chi connectivity index (χ3v) is 4.24. The Morgan fingerprint density at radius 1 is 0.808 bits per heavy atom. The van der Waals surface area contributed by atoms with Crippen LogP contribution in [0.1, 0.15) is 27.0 Å². The molecule has 9 heteroatoms. The summed E-state index contributed by atoms with van der Waals surface area (Å²) in [5.74, 6) is 0.000629. The van der Waals surface area contributed by atoms with Crippen LogP contribution in [0.5, 0.6) is 0 Å². The van der Waals surface area contributed by atoms with Crippen LogP contribution in [0.3, 0.4) is 0 Å². The van der Waals surface area contributed by atoms with E-state index in [9.17, 15) is 4.79 Å². The molecule has 2 aromatic rings. The topological polar surface area (TPSA) is 93.2 Å². The largest absolute Gasteiger partial charge is 0.376 e. The van der Waals surface area contributed by atoms with Gasteiger partial charge in [-0.05, 0) is 46.7 Å². The summed E-state index contributed by atoms with van der Waals surface area (Å²) in [6, 6.07) is 11.6. The zero-order valence-corrected chi connectivity index (χ0v) is 18.6. The molecule has 0 aliphatic heterocycles. The van der Waals surface area contributed by atoms with E-state index in [4.69, 9.17) is 35.9 Å². The average molecular weight is 518 g/mol. The second kappa shape index (κ2) is 9.40. The highest BCUT2D eigenvalue weighted by Gasteiger charge is 2.30. The highest BCUT2D eigenvalue weighted by Crippen LogP contribution is 2.39. The summed E-state index contributed by atoms with van der Waals surface area (Å²) in [6.07, 6.45) is 0. The Morgan fingerprint density at radius 2 is 1.19 bits per heavy atom. The van der Waals surface area contributed by atoms with Crippen molar-refractivity contribution >= 4 is 74.4 Å². The molecule has 3 rings (SSSR count). The molecule has 0 bridgehead atoms. The molecule has 6 N–H and O–H groups in total. The Hall–Kier alpha value is -1.55. The molecule has 138 valence electrons. The Kier molecular flexibility index (Phi) is 8.14. The molecule has 26 heavy (non-hydrogen) atoms. The fraction of sp³-hybridized carbons (Fsp3) is 0.118. The molecule has 0 aromatic heterocycles. The number of carbonyl (C=O) groups excluding carboxylic acids is 1. The van der Waals surface area contributed by atoms with Gasteiger partial charge >= 0.3 is 0 Å². The van der Waals surface area contributed by atoms with Gasteiger partial charge in [-0.25, -0.2) is 0 Å². The number of ketones is 1. The Bertz CT molecular complexity index is 804. The van der Waals surface area contributed by atoms with Gasteiger partial charge in [0.1, 0.15) is 0 Å². The van der Waals surface area contributed by atoms with E-state index in [1.165, 1.54) is 0 Å². The molecule has 0 unspecified atom stereocenters. The van der Waals surface area contributed by atoms with Crippen LogP contribution in [0.4, 0.5) is 0 Å². The first kappa shape index (κ1) is 22.5. The molecule has 0 heterocycles. The van der Waals surface area contributed by atoms with Gasteiger partial charge in [-0.15, -0.1) is 34.0 Å². The first-order valence-electron chi connectivity index (χ1n) is 7.34. The lowest BCUT2D eigenvalue weighted by Gasteiger charge is -2.09. The molecule has 1 aliphatic carbocycles. The van der Waals surface area contributed by atoms with Gasteiger partial charge in [-0.1, -0.05) is 36.4 Å². The molecule has 0 spiro atoms. The van der Waals surface area contributed by atoms with E-state index >= 15 is 0 Å². The van der Waals surface area contributed by atoms with Crippen molar-refractivity contribution in [3.05, 3.63) is 58.7 Å². The first-order valence-corrected chi connectivity index (χ1v) is 8.16. The Balaban J connectivity index is 0.00000169. The fourth-order valence-corrected chi connectivity index (χ4v) is 3.11. The predicted octanol–water partition coefficient (Wildman–Crippen LogP) is 2.72. The monoisotopic (exact) mass is 516 g/mol. The number of hydrogen-bond acceptors (Lipinski definition) is 3. The van der Waals surface area contributed by atoms with Crippen LogP contribution in [0.25, 0.3) is 11.1 Å². The smallest absolute Gasteiger partial charge is 0.194 e. The van der Waals surface area contributed by atoms with Gasteiger partial charge in [0, 0.05) is 24.2 Å². The van der Waals surface area contributed by atoms with Crippen LogP contribution in [0, 0.1) is 0 Å². The normalized spacial score (nSPS) is 10.7. The van der Waals surface area contributed by atoms with E-state index in [0.29, 0.717) is 24.2 Å². The summed E-state index contributed by atoms with van der Waals surface area (Å²) in [6.45, 7) is 0.831. The van der Waals surface area contributed by atoms with Crippen LogP contribution < -0.4 is 22.1 Å². The summed E-state index contributed by atoms with van der Waals surface area (Å²) in [5.41, 5.74) is 16.0. The van der Waals surface area contributed by atoms with Crippen molar-refractivity contribution in [2.24, 2.45) is 11.5 Å². The van der Waals surface area contributed by atoms with Gasteiger partial charge in [-0.3, -0.25) is 4.79 Å². The molecule has 0 atom stereocenters. The lowest BCUT2D eigenvalue weighted by molar-refractivity contribution is 0.104. The van der Waals surface area contributed by atoms with Crippen molar-refractivity contribution in [3.8, 4) is 11.1 Å². The molecule has 0 radical (unpaired) electrons. The van der Waals surface area contributed by atoms with Crippen molar-refractivity contribution in [2.45, 2.75) is 13.1 Å². The average Bonchev–Trinajstić information content (AvgIpc) is 2.85. The highest BCUT2D eigenvalue weighted by molar-refractivity contribution is 8.93. The number of benzene rings is 2. The zero-order chi connectivity index (χ0) is 17.3. The van der Waals surface area contributed by atoms with Crippen LogP contribution in [0.15, 0.2) is 36.4 Å². The fourth-order valence-electron chi connectivity index (χ4n) is 2.97. The van der Waals surface area contributed by atoms with E-state index < -0.39 is 0 Å². The highest BCUT2D eigenvalue weighted by atomic mass is 79.9. The van der Waals surface area contributed by atoms with Crippen molar-refractivity contribution < 1.29 is 4.79 Å². The van der Waals surface area contributed by atoms with Crippen LogP contribution in [0.2, 0.25) is 0 Å². The van der Waals surface area contributed by atoms with E-state index in [-0.39, 0.29) is 50.0 Å². The standard InChI is InChI=1S/C17H16N4OS2.2BrH/c18-16(23)20-7-9-3-1-5-11-12-6-2-4-10(8-21-17(19)24)14(12)15(22)13(9)11;;/h1-6H,7-8H2,(H3,18,20,23)(H3,19,21,24);2*1H. The molecule has 5 nitrogen and oxygen atoms in total. The van der Waals surface area contributed by atoms with E-state index in [1.54, 1.807) is 0 Å². The van der Waals surface area contributed by atoms with Gasteiger partial charge in [0.2, 0.25) is 0 Å². The molecular formula is C17H18Br2N4OS2. The number of carbonyl (C=O) groups is 1. The van der Waals surface area contributed by atoms with E-state index in [1.807, 2.05) is 36.4 Å². The molecular weight excluding hydrogens is 500 g/mol. The van der Waals surface area contributed by atoms with Crippen LogP contribution in [-0.4, -0.2) is 16.0 Å². The lowest BCUT2D eigenvalue weighted by Crippen LogP contribution is -2.29. The number of nitrogens with two attached hydrogens (primary N) is 2. The second-order valence-electron chi connectivity index (χ2n) is 5.44. The first-order chi connectivity index (χ1) is 11.5. The quantitative estimate of drug-likeness (QED) is 0.395. The van der Waals surface area contributed by atoms with Gasteiger partial charge in [0.25, 0.3) is 0 Å². The number of halogens is 2. The summed E-state index contributed by atoms with van der Waals surface area (Å²) >= 11 is 9.70. The minimum atomic E-state index is 0. The van der Waals surface area contributed by atoms with Gasteiger partial charge in [-0.2, -0.15) is 0 Å². The predicted molar refractivity (Wildman–Crippen MR) is 123 cm³/mol. The maximum atomic E-state index is 13.0. The molecule has 0 fully saturated rings. The van der Waals surface area contributed by atoms with E-state index in [0.717, 1.165) is 22.3 Å². The molecule has 0 saturated heterocycles. The second-order valence-corrected chi connectivity index (χ2v) is 6.32. The lowest BCUT2D eigenvalue weighted by atomic mass is 10.0. The van der Waals surface area contributed by atoms with Crippen molar-refractivity contribution in [1.82, 2.24) is 10.6 Å². The Morgan fingerprint density at radius 3 is 1.54 bits per heavy atom.